The first-order valence-electron chi connectivity index (χ1n) is 12.8. The molecule has 1 N–H and O–H groups in total. The van der Waals surface area contributed by atoms with E-state index in [4.69, 9.17) is 18.5 Å². The molecule has 190 valence electrons. The molecular formula is C26H44BNO5Si. The molecule has 0 aromatic heterocycles. The third-order valence-corrected chi connectivity index (χ3v) is 13.3. The highest BCUT2D eigenvalue weighted by atomic mass is 28.4. The maximum absolute atomic E-state index is 11.1. The van der Waals surface area contributed by atoms with Crippen LogP contribution in [0.25, 0.3) is 0 Å². The van der Waals surface area contributed by atoms with Crippen LogP contribution in [0.15, 0.2) is 18.2 Å². The lowest BCUT2D eigenvalue weighted by Gasteiger charge is -2.39. The highest BCUT2D eigenvalue weighted by Crippen LogP contribution is 2.40. The molecule has 1 aromatic rings. The summed E-state index contributed by atoms with van der Waals surface area (Å²) in [7, 11) is -2.30. The van der Waals surface area contributed by atoms with E-state index in [9.17, 15) is 5.11 Å². The zero-order chi connectivity index (χ0) is 25.2. The van der Waals surface area contributed by atoms with Crippen LogP contribution in [0.3, 0.4) is 0 Å². The fraction of sp³-hybridized carbons (Fsp3) is 0.769. The molecule has 3 heterocycles. The minimum absolute atomic E-state index is 0.188. The SMILES string of the molecule is CC1(C)OB(c2cc(N3CCCC3CO[Si](C)(C)C(C)(C)C)cc(C3(O)COC3)c2)OC1(C)C. The van der Waals surface area contributed by atoms with E-state index in [1.54, 1.807) is 0 Å². The van der Waals surface area contributed by atoms with Crippen LogP contribution in [0.2, 0.25) is 18.1 Å². The molecule has 3 saturated heterocycles. The van der Waals surface area contributed by atoms with Gasteiger partial charge in [0.25, 0.3) is 0 Å². The van der Waals surface area contributed by atoms with Crippen molar-refractivity contribution in [1.82, 2.24) is 0 Å². The van der Waals surface area contributed by atoms with Gasteiger partial charge in [0.15, 0.2) is 8.32 Å². The molecule has 0 radical (unpaired) electrons. The summed E-state index contributed by atoms with van der Waals surface area (Å²) < 4.78 is 24.7. The molecule has 34 heavy (non-hydrogen) atoms. The molecule has 6 nitrogen and oxygen atoms in total. The van der Waals surface area contributed by atoms with Gasteiger partial charge in [-0.15, -0.1) is 0 Å². The van der Waals surface area contributed by atoms with E-state index >= 15 is 0 Å². The normalized spacial score (nSPS) is 26.1. The maximum atomic E-state index is 11.1. The first-order chi connectivity index (χ1) is 15.5. The van der Waals surface area contributed by atoms with E-state index in [0.29, 0.717) is 19.3 Å². The Labute approximate surface area is 207 Å². The average molecular weight is 490 g/mol. The standard InChI is InChI=1S/C26H44BNO5Si/c1-23(2,3)34(8,9)31-16-21-11-10-12-28(21)22-14-19(26(29)17-30-18-26)13-20(15-22)27-32-24(4,5)25(6,7)33-27/h13-15,21,29H,10-12,16-18H2,1-9H3. The zero-order valence-corrected chi connectivity index (χ0v) is 23.7. The molecule has 4 rings (SSSR count). The summed E-state index contributed by atoms with van der Waals surface area (Å²) in [6.45, 7) is 22.1. The molecule has 3 aliphatic heterocycles. The van der Waals surface area contributed by atoms with Crippen molar-refractivity contribution in [2.75, 3.05) is 31.3 Å². The maximum Gasteiger partial charge on any atom is 0.494 e. The molecule has 8 heteroatoms. The second kappa shape index (κ2) is 8.60. The van der Waals surface area contributed by atoms with E-state index in [1.807, 2.05) is 6.07 Å². The van der Waals surface area contributed by atoms with Gasteiger partial charge in [0.1, 0.15) is 5.60 Å². The van der Waals surface area contributed by atoms with Gasteiger partial charge < -0.3 is 28.5 Å². The van der Waals surface area contributed by atoms with E-state index in [0.717, 1.165) is 42.7 Å². The summed E-state index contributed by atoms with van der Waals surface area (Å²) in [5, 5.41) is 11.3. The molecule has 0 aliphatic carbocycles. The fourth-order valence-corrected chi connectivity index (χ4v) is 5.56. The number of rotatable bonds is 6. The highest BCUT2D eigenvalue weighted by molar-refractivity contribution is 6.74. The van der Waals surface area contributed by atoms with E-state index < -0.39 is 32.2 Å². The smallest absolute Gasteiger partial charge is 0.415 e. The third kappa shape index (κ3) is 4.74. The van der Waals surface area contributed by atoms with Gasteiger partial charge >= 0.3 is 7.12 Å². The second-order valence-corrected chi connectivity index (χ2v) is 17.8. The van der Waals surface area contributed by atoms with Gasteiger partial charge in [0.2, 0.25) is 0 Å². The summed E-state index contributed by atoms with van der Waals surface area (Å²) in [4.78, 5) is 2.45. The minimum atomic E-state index is -1.83. The Kier molecular flexibility index (Phi) is 6.62. The lowest BCUT2D eigenvalue weighted by Crippen LogP contribution is -2.48. The van der Waals surface area contributed by atoms with Crippen LogP contribution in [-0.4, -0.2) is 64.2 Å². The summed E-state index contributed by atoms with van der Waals surface area (Å²) in [5.41, 5.74) is 1.12. The quantitative estimate of drug-likeness (QED) is 0.605. The van der Waals surface area contributed by atoms with Gasteiger partial charge in [-0.3, -0.25) is 0 Å². The lowest BCUT2D eigenvalue weighted by atomic mass is 9.76. The van der Waals surface area contributed by atoms with E-state index in [1.165, 1.54) is 0 Å². The van der Waals surface area contributed by atoms with Crippen LogP contribution in [-0.2, 0) is 24.1 Å². The first kappa shape index (κ1) is 26.2. The van der Waals surface area contributed by atoms with Gasteiger partial charge in [-0.05, 0) is 81.8 Å². The molecule has 0 saturated carbocycles. The van der Waals surface area contributed by atoms with Crippen molar-refractivity contribution in [1.29, 1.82) is 0 Å². The molecule has 3 aliphatic rings. The fourth-order valence-electron chi connectivity index (χ4n) is 4.52. The number of anilines is 1. The lowest BCUT2D eigenvalue weighted by molar-refractivity contribution is -0.184. The Morgan fingerprint density at radius 3 is 2.24 bits per heavy atom. The summed E-state index contributed by atoms with van der Waals surface area (Å²) in [5.74, 6) is 0. The zero-order valence-electron chi connectivity index (χ0n) is 22.7. The molecule has 1 atom stereocenters. The Bertz CT molecular complexity index is 893. The molecule has 1 aromatic carbocycles. The highest BCUT2D eigenvalue weighted by Gasteiger charge is 2.52. The number of nitrogens with zero attached hydrogens (tertiary/aromatic N) is 1. The molecule has 0 spiro atoms. The Morgan fingerprint density at radius 1 is 1.09 bits per heavy atom. The van der Waals surface area contributed by atoms with Crippen molar-refractivity contribution in [2.45, 2.75) is 102 Å². The third-order valence-electron chi connectivity index (χ3n) is 8.84. The number of ether oxygens (including phenoxy) is 1. The van der Waals surface area contributed by atoms with Crippen molar-refractivity contribution in [3.05, 3.63) is 23.8 Å². The average Bonchev–Trinajstić information content (AvgIpc) is 3.25. The largest absolute Gasteiger partial charge is 0.494 e. The molecule has 3 fully saturated rings. The molecule has 0 amide bonds. The van der Waals surface area contributed by atoms with Crippen molar-refractivity contribution in [2.24, 2.45) is 0 Å². The summed E-state index contributed by atoms with van der Waals surface area (Å²) in [6, 6.07) is 6.66. The van der Waals surface area contributed by atoms with Crippen LogP contribution in [0.5, 0.6) is 0 Å². The predicted octanol–water partition coefficient (Wildman–Crippen LogP) is 4.19. The molecule has 0 bridgehead atoms. The number of hydrogen-bond donors (Lipinski definition) is 1. The Hall–Kier alpha value is -0.898. The van der Waals surface area contributed by atoms with Gasteiger partial charge in [0.05, 0.1) is 37.1 Å². The molecule has 1 unspecified atom stereocenters. The van der Waals surface area contributed by atoms with Crippen LogP contribution < -0.4 is 10.4 Å². The van der Waals surface area contributed by atoms with Crippen molar-refractivity contribution in [3.8, 4) is 0 Å². The van der Waals surface area contributed by atoms with Crippen molar-refractivity contribution >= 4 is 26.6 Å². The van der Waals surface area contributed by atoms with Crippen LogP contribution in [0.4, 0.5) is 5.69 Å². The number of aliphatic hydroxyl groups is 1. The molecular weight excluding hydrogens is 445 g/mol. The Morgan fingerprint density at radius 2 is 1.71 bits per heavy atom. The van der Waals surface area contributed by atoms with E-state index in [2.05, 4.69) is 78.6 Å². The summed E-state index contributed by atoms with van der Waals surface area (Å²) >= 11 is 0. The van der Waals surface area contributed by atoms with Gasteiger partial charge in [-0.1, -0.05) is 26.8 Å². The van der Waals surface area contributed by atoms with Gasteiger partial charge in [-0.2, -0.15) is 0 Å². The number of benzene rings is 1. The van der Waals surface area contributed by atoms with Crippen molar-refractivity contribution < 1.29 is 23.6 Å². The topological polar surface area (TPSA) is 60.4 Å². The number of hydrogen-bond acceptors (Lipinski definition) is 6. The van der Waals surface area contributed by atoms with Crippen molar-refractivity contribution in [3.63, 3.8) is 0 Å². The van der Waals surface area contributed by atoms with Crippen LogP contribution in [0, 0.1) is 0 Å². The predicted molar refractivity (Wildman–Crippen MR) is 140 cm³/mol. The second-order valence-electron chi connectivity index (χ2n) is 13.0. The van der Waals surface area contributed by atoms with E-state index in [-0.39, 0.29) is 5.04 Å². The summed E-state index contributed by atoms with van der Waals surface area (Å²) in [6.07, 6.45) is 2.24. The minimum Gasteiger partial charge on any atom is -0.415 e. The van der Waals surface area contributed by atoms with Crippen LogP contribution in [0.1, 0.15) is 66.9 Å². The monoisotopic (exact) mass is 489 g/mol. The van der Waals surface area contributed by atoms with Gasteiger partial charge in [0, 0.05) is 12.2 Å². The Balaban J connectivity index is 1.63. The van der Waals surface area contributed by atoms with Gasteiger partial charge in [-0.25, -0.2) is 0 Å². The first-order valence-corrected chi connectivity index (χ1v) is 15.7. The van der Waals surface area contributed by atoms with Crippen LogP contribution >= 0.6 is 0 Å².